The van der Waals surface area contributed by atoms with Gasteiger partial charge in [-0.15, -0.1) is 0 Å². The number of nitrogens with one attached hydrogen (secondary N) is 3. The predicted octanol–water partition coefficient (Wildman–Crippen LogP) is 1.28. The van der Waals surface area contributed by atoms with E-state index >= 15 is 0 Å². The molecule has 0 aliphatic carbocycles. The standard InChI is InChI=1S/C16H22ClN3O6S/c1-10(2)6-7-19-16(23)20-14(21)9-26-15(22)11-4-5-12(17)13(8-11)27(24,25)18-3/h4-5,8,10,18H,6-7,9H2,1-3H3,(H2,19,20,21,23). The van der Waals surface area contributed by atoms with Crippen LogP contribution in [0.3, 0.4) is 0 Å². The van der Waals surface area contributed by atoms with Crippen molar-refractivity contribution in [3.05, 3.63) is 28.8 Å². The lowest BCUT2D eigenvalue weighted by Gasteiger charge is -2.09. The topological polar surface area (TPSA) is 131 Å². The van der Waals surface area contributed by atoms with Crippen LogP contribution >= 0.6 is 11.6 Å². The van der Waals surface area contributed by atoms with Crippen LogP contribution in [0.5, 0.6) is 0 Å². The molecule has 3 N–H and O–H groups in total. The second kappa shape index (κ2) is 10.2. The van der Waals surface area contributed by atoms with E-state index in [2.05, 4.69) is 10.0 Å². The molecule has 1 rings (SSSR count). The van der Waals surface area contributed by atoms with Crippen molar-refractivity contribution >= 4 is 39.5 Å². The Morgan fingerprint density at radius 1 is 1.22 bits per heavy atom. The summed E-state index contributed by atoms with van der Waals surface area (Å²) in [6, 6.07) is 2.83. The second-order valence-corrected chi connectivity index (χ2v) is 8.18. The summed E-state index contributed by atoms with van der Waals surface area (Å²) in [6.07, 6.45) is 0.755. The number of benzene rings is 1. The van der Waals surface area contributed by atoms with Crippen molar-refractivity contribution < 1.29 is 27.5 Å². The van der Waals surface area contributed by atoms with Gasteiger partial charge in [-0.2, -0.15) is 0 Å². The minimum atomic E-state index is -3.87. The molecule has 150 valence electrons. The highest BCUT2D eigenvalue weighted by molar-refractivity contribution is 7.89. The van der Waals surface area contributed by atoms with Crippen molar-refractivity contribution in [3.8, 4) is 0 Å². The molecule has 0 unspecified atom stereocenters. The number of amides is 3. The highest BCUT2D eigenvalue weighted by Gasteiger charge is 2.20. The SMILES string of the molecule is CNS(=O)(=O)c1cc(C(=O)OCC(=O)NC(=O)NCCC(C)C)ccc1Cl. The summed E-state index contributed by atoms with van der Waals surface area (Å²) in [5.41, 5.74) is -0.109. The van der Waals surface area contributed by atoms with Crippen LogP contribution in [0.15, 0.2) is 23.1 Å². The number of carbonyl (C=O) groups is 3. The zero-order valence-corrected chi connectivity index (χ0v) is 16.7. The van der Waals surface area contributed by atoms with Gasteiger partial charge in [0.2, 0.25) is 10.0 Å². The van der Waals surface area contributed by atoms with Gasteiger partial charge in [0.1, 0.15) is 4.90 Å². The van der Waals surface area contributed by atoms with E-state index in [4.69, 9.17) is 16.3 Å². The van der Waals surface area contributed by atoms with Crippen LogP contribution in [0.1, 0.15) is 30.6 Å². The maximum absolute atomic E-state index is 12.0. The van der Waals surface area contributed by atoms with E-state index in [0.717, 1.165) is 12.5 Å². The third-order valence-electron chi connectivity index (χ3n) is 3.32. The largest absolute Gasteiger partial charge is 0.452 e. The van der Waals surface area contributed by atoms with Gasteiger partial charge in [-0.05, 0) is 37.6 Å². The monoisotopic (exact) mass is 419 g/mol. The third kappa shape index (κ3) is 7.53. The molecule has 0 aliphatic rings. The fourth-order valence-electron chi connectivity index (χ4n) is 1.84. The average molecular weight is 420 g/mol. The highest BCUT2D eigenvalue weighted by Crippen LogP contribution is 2.22. The molecular weight excluding hydrogens is 398 g/mol. The first-order valence-electron chi connectivity index (χ1n) is 8.04. The van der Waals surface area contributed by atoms with E-state index in [1.165, 1.54) is 19.2 Å². The number of hydrogen-bond acceptors (Lipinski definition) is 6. The Bertz CT molecular complexity index is 810. The van der Waals surface area contributed by atoms with E-state index in [-0.39, 0.29) is 15.5 Å². The number of urea groups is 1. The third-order valence-corrected chi connectivity index (χ3v) is 5.22. The fourth-order valence-corrected chi connectivity index (χ4v) is 3.09. The van der Waals surface area contributed by atoms with Crippen molar-refractivity contribution in [2.45, 2.75) is 25.2 Å². The Morgan fingerprint density at radius 3 is 2.48 bits per heavy atom. The van der Waals surface area contributed by atoms with E-state index in [9.17, 15) is 22.8 Å². The number of esters is 1. The van der Waals surface area contributed by atoms with Crippen LogP contribution in [0.4, 0.5) is 4.79 Å². The molecule has 9 nitrogen and oxygen atoms in total. The Balaban J connectivity index is 2.61. The van der Waals surface area contributed by atoms with E-state index < -0.39 is 34.5 Å². The zero-order valence-electron chi connectivity index (χ0n) is 15.2. The Morgan fingerprint density at radius 2 is 1.89 bits per heavy atom. The molecule has 0 fully saturated rings. The first-order valence-corrected chi connectivity index (χ1v) is 9.90. The maximum atomic E-state index is 12.0. The van der Waals surface area contributed by atoms with Gasteiger partial charge < -0.3 is 10.1 Å². The molecule has 0 radical (unpaired) electrons. The maximum Gasteiger partial charge on any atom is 0.338 e. The molecule has 0 heterocycles. The number of imide groups is 1. The molecule has 11 heteroatoms. The van der Waals surface area contributed by atoms with Crippen LogP contribution < -0.4 is 15.4 Å². The van der Waals surface area contributed by atoms with Gasteiger partial charge in [0.25, 0.3) is 5.91 Å². The quantitative estimate of drug-likeness (QED) is 0.544. The molecule has 0 aliphatic heterocycles. The van der Waals surface area contributed by atoms with Gasteiger partial charge in [0, 0.05) is 6.54 Å². The Hall–Kier alpha value is -2.17. The molecule has 0 saturated heterocycles. The van der Waals surface area contributed by atoms with Crippen LogP contribution in [-0.4, -0.2) is 46.5 Å². The number of sulfonamides is 1. The van der Waals surface area contributed by atoms with Gasteiger partial charge in [-0.25, -0.2) is 22.7 Å². The number of carbonyl (C=O) groups excluding carboxylic acids is 3. The summed E-state index contributed by atoms with van der Waals surface area (Å²) >= 11 is 5.83. The average Bonchev–Trinajstić information content (AvgIpc) is 2.59. The smallest absolute Gasteiger partial charge is 0.338 e. The lowest BCUT2D eigenvalue weighted by atomic mass is 10.1. The highest BCUT2D eigenvalue weighted by atomic mass is 35.5. The molecule has 1 aromatic carbocycles. The predicted molar refractivity (Wildman–Crippen MR) is 99.0 cm³/mol. The summed E-state index contributed by atoms with van der Waals surface area (Å²) < 4.78 is 30.6. The number of hydrogen-bond donors (Lipinski definition) is 3. The lowest BCUT2D eigenvalue weighted by molar-refractivity contribution is -0.123. The Kier molecular flexibility index (Phi) is 8.67. The van der Waals surface area contributed by atoms with Crippen LogP contribution in [-0.2, 0) is 19.6 Å². The summed E-state index contributed by atoms with van der Waals surface area (Å²) in [7, 11) is -2.67. The molecule has 1 aromatic rings. The number of rotatable bonds is 8. The summed E-state index contributed by atoms with van der Waals surface area (Å²) in [5, 5.41) is 4.45. The van der Waals surface area contributed by atoms with Crippen molar-refractivity contribution in [2.75, 3.05) is 20.2 Å². The van der Waals surface area contributed by atoms with E-state index in [0.29, 0.717) is 12.5 Å². The first-order chi connectivity index (χ1) is 12.6. The molecule has 0 spiro atoms. The first kappa shape index (κ1) is 22.9. The van der Waals surface area contributed by atoms with Gasteiger partial charge >= 0.3 is 12.0 Å². The molecule has 3 amide bonds. The fraction of sp³-hybridized carbons (Fsp3) is 0.438. The molecule has 27 heavy (non-hydrogen) atoms. The van der Waals surface area contributed by atoms with Crippen LogP contribution in [0.2, 0.25) is 5.02 Å². The lowest BCUT2D eigenvalue weighted by Crippen LogP contribution is -2.42. The second-order valence-electron chi connectivity index (χ2n) is 5.92. The number of halogens is 1. The van der Waals surface area contributed by atoms with Crippen LogP contribution in [0.25, 0.3) is 0 Å². The van der Waals surface area contributed by atoms with E-state index in [1.54, 1.807) is 0 Å². The van der Waals surface area contributed by atoms with Crippen molar-refractivity contribution in [1.29, 1.82) is 0 Å². The van der Waals surface area contributed by atoms with Crippen molar-refractivity contribution in [1.82, 2.24) is 15.4 Å². The van der Waals surface area contributed by atoms with Gasteiger partial charge in [0.05, 0.1) is 10.6 Å². The number of ether oxygens (including phenoxy) is 1. The molecule has 0 bridgehead atoms. The summed E-state index contributed by atoms with van der Waals surface area (Å²) in [5.74, 6) is -1.35. The minimum absolute atomic E-state index is 0.0725. The normalized spacial score (nSPS) is 11.1. The van der Waals surface area contributed by atoms with E-state index in [1.807, 2.05) is 19.2 Å². The molecule has 0 saturated carbocycles. The molecule has 0 aromatic heterocycles. The van der Waals surface area contributed by atoms with Crippen molar-refractivity contribution in [2.24, 2.45) is 5.92 Å². The minimum Gasteiger partial charge on any atom is -0.452 e. The zero-order chi connectivity index (χ0) is 20.6. The van der Waals surface area contributed by atoms with Gasteiger partial charge in [0.15, 0.2) is 6.61 Å². The molecular formula is C16H22ClN3O6S. The Labute approximate surface area is 162 Å². The van der Waals surface area contributed by atoms with Gasteiger partial charge in [-0.1, -0.05) is 25.4 Å². The van der Waals surface area contributed by atoms with Crippen molar-refractivity contribution in [3.63, 3.8) is 0 Å². The summed E-state index contributed by atoms with van der Waals surface area (Å²) in [6.45, 7) is 3.69. The van der Waals surface area contributed by atoms with Gasteiger partial charge in [-0.3, -0.25) is 10.1 Å². The van der Waals surface area contributed by atoms with Crippen LogP contribution in [0, 0.1) is 5.92 Å². The summed E-state index contributed by atoms with van der Waals surface area (Å²) in [4.78, 5) is 34.8. The molecule has 0 atom stereocenters.